The minimum absolute atomic E-state index is 0.155. The normalized spacial score (nSPS) is 50.1. The second-order valence-corrected chi connectivity index (χ2v) is 9.91. The molecule has 132 valence electrons. The molecule has 1 nitrogen and oxygen atoms in total. The fourth-order valence-electron chi connectivity index (χ4n) is 7.52. The molecule has 2 unspecified atom stereocenters. The first-order valence-corrected chi connectivity index (χ1v) is 10.3. The van der Waals surface area contributed by atoms with Crippen molar-refractivity contribution in [1.82, 2.24) is 0 Å². The molecule has 0 aliphatic heterocycles. The maximum Gasteiger partial charge on any atom is 0.178 e. The first-order valence-electron chi connectivity index (χ1n) is 10.3. The Balaban J connectivity index is 1.67. The Morgan fingerprint density at radius 3 is 2.58 bits per heavy atom. The molecule has 0 bridgehead atoms. The van der Waals surface area contributed by atoms with Gasteiger partial charge in [-0.1, -0.05) is 45.8 Å². The van der Waals surface area contributed by atoms with Crippen LogP contribution in [0.2, 0.25) is 0 Å². The van der Waals surface area contributed by atoms with Crippen LogP contribution in [0.4, 0.5) is 0 Å². The summed E-state index contributed by atoms with van der Waals surface area (Å²) in [5, 5.41) is 0. The minimum atomic E-state index is 0.155. The topological polar surface area (TPSA) is 17.1 Å². The molecule has 4 aliphatic rings. The first kappa shape index (κ1) is 16.6. The lowest BCUT2D eigenvalue weighted by Crippen LogP contribution is -2.51. The Hall–Kier alpha value is -0.850. The van der Waals surface area contributed by atoms with E-state index in [1.54, 1.807) is 0 Å². The number of fused-ring (bicyclic) bond motifs is 5. The zero-order valence-electron chi connectivity index (χ0n) is 16.0. The summed E-state index contributed by atoms with van der Waals surface area (Å²) in [5.41, 5.74) is 2.67. The quantitative estimate of drug-likeness (QED) is 0.599. The predicted molar refractivity (Wildman–Crippen MR) is 99.6 cm³/mol. The molecule has 3 saturated carbocycles. The van der Waals surface area contributed by atoms with E-state index >= 15 is 0 Å². The van der Waals surface area contributed by atoms with Crippen molar-refractivity contribution in [3.63, 3.8) is 0 Å². The van der Waals surface area contributed by atoms with E-state index in [1.807, 2.05) is 12.2 Å². The number of allylic oxidation sites excluding steroid dienone is 4. The molecular weight excluding hydrogens is 292 g/mol. The maximum absolute atomic E-state index is 11.8. The Labute approximate surface area is 148 Å². The Kier molecular flexibility index (Phi) is 3.68. The Morgan fingerprint density at radius 2 is 1.83 bits per heavy atom. The maximum atomic E-state index is 11.8. The van der Waals surface area contributed by atoms with Crippen molar-refractivity contribution in [3.8, 4) is 0 Å². The fourth-order valence-corrected chi connectivity index (χ4v) is 7.52. The van der Waals surface area contributed by atoms with Crippen LogP contribution in [0.5, 0.6) is 0 Å². The second kappa shape index (κ2) is 5.32. The van der Waals surface area contributed by atoms with E-state index < -0.39 is 0 Å². The summed E-state index contributed by atoms with van der Waals surface area (Å²) in [6, 6.07) is 0. The van der Waals surface area contributed by atoms with Crippen LogP contribution < -0.4 is 0 Å². The SMILES string of the molecule is CCCC1(C)CC[C@H]2C3CCC4=CC(=O)C=C[C@]4(C)[C@H]3CC[C@@]21C. The van der Waals surface area contributed by atoms with Gasteiger partial charge < -0.3 is 0 Å². The molecule has 0 heterocycles. The molecule has 4 aliphatic carbocycles. The van der Waals surface area contributed by atoms with Crippen LogP contribution in [0.1, 0.15) is 79.1 Å². The highest BCUT2D eigenvalue weighted by molar-refractivity contribution is 6.01. The summed E-state index contributed by atoms with van der Waals surface area (Å²) >= 11 is 0. The van der Waals surface area contributed by atoms with Crippen molar-refractivity contribution >= 4 is 5.78 Å². The predicted octanol–water partition coefficient (Wildman–Crippen LogP) is 6.10. The van der Waals surface area contributed by atoms with Crippen LogP contribution >= 0.6 is 0 Å². The number of ketones is 1. The first-order chi connectivity index (χ1) is 11.3. The zero-order chi connectivity index (χ0) is 17.2. The lowest BCUT2D eigenvalue weighted by molar-refractivity contribution is -0.111. The monoisotopic (exact) mass is 326 g/mol. The van der Waals surface area contributed by atoms with E-state index in [2.05, 4.69) is 33.8 Å². The number of rotatable bonds is 2. The number of hydrogen-bond donors (Lipinski definition) is 0. The van der Waals surface area contributed by atoms with Crippen LogP contribution in [-0.4, -0.2) is 5.78 Å². The van der Waals surface area contributed by atoms with Gasteiger partial charge >= 0.3 is 0 Å². The molecule has 0 radical (unpaired) electrons. The van der Waals surface area contributed by atoms with Gasteiger partial charge in [0.05, 0.1) is 0 Å². The zero-order valence-corrected chi connectivity index (χ0v) is 16.0. The van der Waals surface area contributed by atoms with Crippen LogP contribution in [-0.2, 0) is 4.79 Å². The highest BCUT2D eigenvalue weighted by Gasteiger charge is 2.61. The van der Waals surface area contributed by atoms with Gasteiger partial charge in [-0.15, -0.1) is 0 Å². The number of carbonyl (C=O) groups is 1. The third-order valence-corrected chi connectivity index (χ3v) is 9.13. The van der Waals surface area contributed by atoms with Crippen molar-refractivity contribution in [1.29, 1.82) is 0 Å². The molecule has 0 N–H and O–H groups in total. The van der Waals surface area contributed by atoms with Gasteiger partial charge in [0.25, 0.3) is 0 Å². The summed E-state index contributed by atoms with van der Waals surface area (Å²) in [6.07, 6.45) is 16.9. The van der Waals surface area contributed by atoms with E-state index in [9.17, 15) is 4.79 Å². The largest absolute Gasteiger partial charge is 0.290 e. The van der Waals surface area contributed by atoms with Gasteiger partial charge in [-0.25, -0.2) is 0 Å². The smallest absolute Gasteiger partial charge is 0.178 e. The highest BCUT2D eigenvalue weighted by Crippen LogP contribution is 2.70. The standard InChI is InChI=1S/C23H34O/c1-5-11-21(2)12-9-20-18-7-6-16-15-17(24)8-13-22(16,3)19(18)10-14-23(20,21)4/h8,13,15,18-20H,5-7,9-12,14H2,1-4H3/t18?,19-,20-,21?,22-,23-/m0/s1. The second-order valence-electron chi connectivity index (χ2n) is 9.91. The summed E-state index contributed by atoms with van der Waals surface area (Å²) in [7, 11) is 0. The third kappa shape index (κ3) is 2.02. The van der Waals surface area contributed by atoms with Gasteiger partial charge in [0.15, 0.2) is 5.78 Å². The highest BCUT2D eigenvalue weighted by atomic mass is 16.1. The summed E-state index contributed by atoms with van der Waals surface area (Å²) in [4.78, 5) is 11.8. The van der Waals surface area contributed by atoms with Crippen molar-refractivity contribution in [2.75, 3.05) is 0 Å². The van der Waals surface area contributed by atoms with E-state index in [0.717, 1.165) is 24.2 Å². The molecule has 0 aromatic rings. The minimum Gasteiger partial charge on any atom is -0.290 e. The van der Waals surface area contributed by atoms with Gasteiger partial charge in [-0.2, -0.15) is 0 Å². The van der Waals surface area contributed by atoms with Crippen molar-refractivity contribution in [2.45, 2.75) is 79.1 Å². The average Bonchev–Trinajstić information content (AvgIpc) is 2.80. The summed E-state index contributed by atoms with van der Waals surface area (Å²) < 4.78 is 0. The molecule has 6 atom stereocenters. The number of hydrogen-bond acceptors (Lipinski definition) is 1. The van der Waals surface area contributed by atoms with Crippen LogP contribution in [0.3, 0.4) is 0 Å². The Bertz CT molecular complexity index is 614. The van der Waals surface area contributed by atoms with Crippen LogP contribution in [0, 0.1) is 34.0 Å². The van der Waals surface area contributed by atoms with E-state index in [0.29, 0.717) is 10.8 Å². The molecule has 0 amide bonds. The lowest BCUT2D eigenvalue weighted by Gasteiger charge is -2.59. The molecular formula is C23H34O. The van der Waals surface area contributed by atoms with E-state index in [4.69, 9.17) is 0 Å². The van der Waals surface area contributed by atoms with Gasteiger partial charge in [0.1, 0.15) is 0 Å². The van der Waals surface area contributed by atoms with E-state index in [1.165, 1.54) is 50.5 Å². The van der Waals surface area contributed by atoms with Crippen molar-refractivity contribution < 1.29 is 4.79 Å². The van der Waals surface area contributed by atoms with Gasteiger partial charge in [0, 0.05) is 5.41 Å². The molecule has 0 saturated heterocycles. The molecule has 0 spiro atoms. The fraction of sp³-hybridized carbons (Fsp3) is 0.783. The van der Waals surface area contributed by atoms with Gasteiger partial charge in [-0.3, -0.25) is 4.79 Å². The number of carbonyl (C=O) groups excluding carboxylic acids is 1. The van der Waals surface area contributed by atoms with Gasteiger partial charge in [-0.05, 0) is 85.7 Å². The lowest BCUT2D eigenvalue weighted by atomic mass is 9.46. The van der Waals surface area contributed by atoms with Crippen molar-refractivity contribution in [2.24, 2.45) is 34.0 Å². The Morgan fingerprint density at radius 1 is 1.08 bits per heavy atom. The average molecular weight is 327 g/mol. The summed E-state index contributed by atoms with van der Waals surface area (Å²) in [5.74, 6) is 2.72. The molecule has 4 rings (SSSR count). The van der Waals surface area contributed by atoms with Crippen molar-refractivity contribution in [3.05, 3.63) is 23.8 Å². The summed E-state index contributed by atoms with van der Waals surface area (Å²) in [6.45, 7) is 9.99. The molecule has 24 heavy (non-hydrogen) atoms. The molecule has 0 aromatic carbocycles. The van der Waals surface area contributed by atoms with E-state index in [-0.39, 0.29) is 11.2 Å². The van der Waals surface area contributed by atoms with Crippen LogP contribution in [0.15, 0.2) is 23.8 Å². The molecule has 3 fully saturated rings. The van der Waals surface area contributed by atoms with Gasteiger partial charge in [0.2, 0.25) is 0 Å². The molecule has 0 aromatic heterocycles. The molecule has 1 heteroatoms. The van der Waals surface area contributed by atoms with Crippen LogP contribution in [0.25, 0.3) is 0 Å². The third-order valence-electron chi connectivity index (χ3n) is 9.13.